The van der Waals surface area contributed by atoms with Gasteiger partial charge in [-0.2, -0.15) is 0 Å². The lowest BCUT2D eigenvalue weighted by Gasteiger charge is -2.17. The number of fused-ring (bicyclic) bond motifs is 1. The molecule has 0 bridgehead atoms. The number of hydrogen-bond donors (Lipinski definition) is 3. The van der Waals surface area contributed by atoms with Crippen molar-refractivity contribution >= 4 is 16.8 Å². The highest BCUT2D eigenvalue weighted by atomic mass is 16.5. The first kappa shape index (κ1) is 18.4. The van der Waals surface area contributed by atoms with Crippen molar-refractivity contribution in [3.8, 4) is 5.75 Å². The molecule has 8 nitrogen and oxygen atoms in total. The third-order valence-electron chi connectivity index (χ3n) is 4.17. The fourth-order valence-corrected chi connectivity index (χ4v) is 2.97. The third-order valence-corrected chi connectivity index (χ3v) is 4.17. The highest BCUT2D eigenvalue weighted by Gasteiger charge is 2.27. The summed E-state index contributed by atoms with van der Waals surface area (Å²) in [5.74, 6) is -2.46. The third kappa shape index (κ3) is 3.75. The number of para-hydroxylation sites is 1. The second kappa shape index (κ2) is 7.46. The average Bonchev–Trinajstić information content (AvgIpc) is 2.62. The van der Waals surface area contributed by atoms with E-state index in [9.17, 15) is 19.5 Å². The Morgan fingerprint density at radius 2 is 2.04 bits per heavy atom. The molecule has 0 spiro atoms. The van der Waals surface area contributed by atoms with Crippen LogP contribution in [-0.2, 0) is 16.1 Å². The molecule has 0 saturated carbocycles. The number of amides is 1. The molecule has 0 aliphatic heterocycles. The first-order valence-electron chi connectivity index (χ1n) is 8.15. The van der Waals surface area contributed by atoms with Crippen molar-refractivity contribution in [3.05, 3.63) is 74.1 Å². The van der Waals surface area contributed by atoms with Gasteiger partial charge in [0.2, 0.25) is 17.1 Å². The summed E-state index contributed by atoms with van der Waals surface area (Å²) in [7, 11) is 1.42. The number of ether oxygens (including phenoxy) is 1. The lowest BCUT2D eigenvalue weighted by Crippen LogP contribution is -2.23. The molecule has 1 atom stereocenters. The van der Waals surface area contributed by atoms with Crippen molar-refractivity contribution in [2.45, 2.75) is 18.9 Å². The highest BCUT2D eigenvalue weighted by molar-refractivity contribution is 5.80. The van der Waals surface area contributed by atoms with Crippen LogP contribution in [0.4, 0.5) is 0 Å². The van der Waals surface area contributed by atoms with Crippen LogP contribution in [0.1, 0.15) is 29.4 Å². The molecule has 0 aliphatic carbocycles. The summed E-state index contributed by atoms with van der Waals surface area (Å²) in [5.41, 5.74) is 4.93. The predicted octanol–water partition coefficient (Wildman–Crippen LogP) is 1.34. The fraction of sp³-hybridized carbons (Fsp3) is 0.211. The molecule has 27 heavy (non-hydrogen) atoms. The number of rotatable bonds is 6. The molecule has 1 aromatic carbocycles. The van der Waals surface area contributed by atoms with Crippen molar-refractivity contribution < 1.29 is 19.1 Å². The summed E-state index contributed by atoms with van der Waals surface area (Å²) in [4.78, 5) is 39.0. The zero-order valence-corrected chi connectivity index (χ0v) is 14.5. The maximum absolute atomic E-state index is 12.6. The second-order valence-electron chi connectivity index (χ2n) is 6.09. The van der Waals surface area contributed by atoms with Gasteiger partial charge in [0, 0.05) is 30.7 Å². The van der Waals surface area contributed by atoms with Gasteiger partial charge in [-0.05, 0) is 17.5 Å². The number of carbonyl (C=O) groups excluding carboxylic acids is 1. The van der Waals surface area contributed by atoms with Crippen LogP contribution in [0.15, 0.2) is 50.4 Å². The number of H-pyrrole nitrogens is 1. The van der Waals surface area contributed by atoms with E-state index in [2.05, 4.69) is 4.98 Å². The Labute approximate surface area is 153 Å². The summed E-state index contributed by atoms with van der Waals surface area (Å²) in [6.45, 7) is -0.0140. The molecular formula is C19H18N2O6. The second-order valence-corrected chi connectivity index (χ2v) is 6.09. The average molecular weight is 370 g/mol. The highest BCUT2D eigenvalue weighted by Crippen LogP contribution is 2.32. The number of aromatic hydroxyl groups is 1. The molecule has 0 fully saturated rings. The van der Waals surface area contributed by atoms with Crippen molar-refractivity contribution in [2.24, 2.45) is 5.73 Å². The standard InChI is InChI=1S/C19H18N2O6/c1-26-9-11-7-15(22)17(24)18(27-11)12(8-16(20)23)13-6-10-4-2-3-5-14(10)21-19(13)25/h2-7,12,24H,8-9H2,1H3,(H2,20,23)(H,21,25)/t12-/m1/s1. The Bertz CT molecular complexity index is 1120. The van der Waals surface area contributed by atoms with Gasteiger partial charge in [-0.1, -0.05) is 18.2 Å². The summed E-state index contributed by atoms with van der Waals surface area (Å²) in [6, 6.07) is 9.77. The Hall–Kier alpha value is -3.39. The molecule has 0 radical (unpaired) electrons. The number of hydrogen-bond acceptors (Lipinski definition) is 6. The Balaban J connectivity index is 2.24. The Morgan fingerprint density at radius 1 is 1.30 bits per heavy atom. The molecular weight excluding hydrogens is 352 g/mol. The van der Waals surface area contributed by atoms with Crippen LogP contribution in [0.25, 0.3) is 10.9 Å². The normalized spacial score (nSPS) is 12.2. The number of aromatic amines is 1. The largest absolute Gasteiger partial charge is 0.502 e. The maximum Gasteiger partial charge on any atom is 0.252 e. The van der Waals surface area contributed by atoms with Crippen molar-refractivity contribution in [1.29, 1.82) is 0 Å². The van der Waals surface area contributed by atoms with Crippen LogP contribution in [0.3, 0.4) is 0 Å². The summed E-state index contributed by atoms with van der Waals surface area (Å²) >= 11 is 0. The van der Waals surface area contributed by atoms with E-state index in [0.29, 0.717) is 5.52 Å². The molecule has 8 heteroatoms. The van der Waals surface area contributed by atoms with Crippen molar-refractivity contribution in [1.82, 2.24) is 4.98 Å². The summed E-state index contributed by atoms with van der Waals surface area (Å²) in [6.07, 6.45) is -0.325. The van der Waals surface area contributed by atoms with Gasteiger partial charge in [0.15, 0.2) is 5.76 Å². The van der Waals surface area contributed by atoms with Crippen LogP contribution in [0, 0.1) is 0 Å². The number of nitrogens with two attached hydrogens (primary N) is 1. The van der Waals surface area contributed by atoms with Gasteiger partial charge in [-0.25, -0.2) is 0 Å². The van der Waals surface area contributed by atoms with E-state index in [0.717, 1.165) is 11.5 Å². The zero-order chi connectivity index (χ0) is 19.6. The van der Waals surface area contributed by atoms with Gasteiger partial charge in [-0.15, -0.1) is 0 Å². The fourth-order valence-electron chi connectivity index (χ4n) is 2.97. The minimum absolute atomic E-state index is 0.0140. The first-order chi connectivity index (χ1) is 12.9. The summed E-state index contributed by atoms with van der Waals surface area (Å²) < 4.78 is 10.5. The lowest BCUT2D eigenvalue weighted by atomic mass is 9.92. The monoisotopic (exact) mass is 370 g/mol. The predicted molar refractivity (Wildman–Crippen MR) is 97.6 cm³/mol. The number of primary amides is 1. The minimum atomic E-state index is -1.03. The van der Waals surface area contributed by atoms with Crippen molar-refractivity contribution in [3.63, 3.8) is 0 Å². The molecule has 140 valence electrons. The number of nitrogens with one attached hydrogen (secondary N) is 1. The number of methoxy groups -OCH3 is 1. The molecule has 3 aromatic rings. The molecule has 3 rings (SSSR count). The van der Waals surface area contributed by atoms with Crippen LogP contribution in [0.5, 0.6) is 5.75 Å². The van der Waals surface area contributed by atoms with E-state index < -0.39 is 28.6 Å². The van der Waals surface area contributed by atoms with Gasteiger partial charge in [-0.3, -0.25) is 14.4 Å². The molecule has 2 heterocycles. The van der Waals surface area contributed by atoms with Gasteiger partial charge in [0.1, 0.15) is 12.4 Å². The smallest absolute Gasteiger partial charge is 0.252 e. The number of benzene rings is 1. The topological polar surface area (TPSA) is 136 Å². The quantitative estimate of drug-likeness (QED) is 0.599. The minimum Gasteiger partial charge on any atom is -0.502 e. The molecule has 4 N–H and O–H groups in total. The maximum atomic E-state index is 12.6. The van der Waals surface area contributed by atoms with Gasteiger partial charge < -0.3 is 25.0 Å². The molecule has 0 aliphatic rings. The van der Waals surface area contributed by atoms with E-state index in [1.54, 1.807) is 30.3 Å². The number of aromatic nitrogens is 1. The molecule has 0 saturated heterocycles. The van der Waals surface area contributed by atoms with Gasteiger partial charge in [0.25, 0.3) is 5.56 Å². The Morgan fingerprint density at radius 3 is 2.74 bits per heavy atom. The number of carbonyl (C=O) groups is 1. The number of pyridine rings is 1. The molecule has 0 unspecified atom stereocenters. The summed E-state index contributed by atoms with van der Waals surface area (Å²) in [5, 5.41) is 10.9. The van der Waals surface area contributed by atoms with Crippen LogP contribution in [0.2, 0.25) is 0 Å². The van der Waals surface area contributed by atoms with Crippen molar-refractivity contribution in [2.75, 3.05) is 7.11 Å². The van der Waals surface area contributed by atoms with Crippen LogP contribution < -0.4 is 16.7 Å². The lowest BCUT2D eigenvalue weighted by molar-refractivity contribution is -0.118. The Kier molecular flexibility index (Phi) is 5.09. The molecule has 1 amide bonds. The van der Waals surface area contributed by atoms with Crippen LogP contribution in [-0.4, -0.2) is 23.1 Å². The zero-order valence-electron chi connectivity index (χ0n) is 14.5. The van der Waals surface area contributed by atoms with E-state index in [1.807, 2.05) is 0 Å². The first-order valence-corrected chi connectivity index (χ1v) is 8.15. The van der Waals surface area contributed by atoms with Gasteiger partial charge in [0.05, 0.1) is 5.92 Å². The van der Waals surface area contributed by atoms with Crippen LogP contribution >= 0.6 is 0 Å². The van der Waals surface area contributed by atoms with E-state index >= 15 is 0 Å². The molecule has 2 aromatic heterocycles. The van der Waals surface area contributed by atoms with E-state index in [4.69, 9.17) is 14.9 Å². The van der Waals surface area contributed by atoms with E-state index in [1.165, 1.54) is 7.11 Å². The van der Waals surface area contributed by atoms with Gasteiger partial charge >= 0.3 is 0 Å². The SMILES string of the molecule is COCc1cc(=O)c(O)c([C@H](CC(N)=O)c2cc3ccccc3[nH]c2=O)o1. The van der Waals surface area contributed by atoms with E-state index in [-0.39, 0.29) is 30.1 Å².